The SMILES string of the molecule is COc1cc(CNC(=O)COc2ccc(Cl)c(C)c2)cc(OC)c1OC. The molecule has 0 bridgehead atoms. The van der Waals surface area contributed by atoms with Crippen molar-refractivity contribution < 1.29 is 23.7 Å². The monoisotopic (exact) mass is 379 g/mol. The summed E-state index contributed by atoms with van der Waals surface area (Å²) in [5.74, 6) is 1.92. The number of halogens is 1. The largest absolute Gasteiger partial charge is 0.493 e. The van der Waals surface area contributed by atoms with E-state index in [1.807, 2.05) is 6.92 Å². The van der Waals surface area contributed by atoms with Crippen LogP contribution in [0.15, 0.2) is 30.3 Å². The predicted molar refractivity (Wildman–Crippen MR) is 99.6 cm³/mol. The summed E-state index contributed by atoms with van der Waals surface area (Å²) in [6, 6.07) is 8.81. The molecular formula is C19H22ClNO5. The molecule has 0 aromatic heterocycles. The van der Waals surface area contributed by atoms with Gasteiger partial charge in [-0.3, -0.25) is 4.79 Å². The first kappa shape index (κ1) is 19.7. The third-order valence-electron chi connectivity index (χ3n) is 3.71. The summed E-state index contributed by atoms with van der Waals surface area (Å²) in [4.78, 5) is 12.0. The number of amides is 1. The minimum atomic E-state index is -0.244. The maximum Gasteiger partial charge on any atom is 0.258 e. The number of hydrogen-bond acceptors (Lipinski definition) is 5. The molecule has 26 heavy (non-hydrogen) atoms. The average Bonchev–Trinajstić information content (AvgIpc) is 2.66. The lowest BCUT2D eigenvalue weighted by Gasteiger charge is -2.14. The van der Waals surface area contributed by atoms with Gasteiger partial charge in [0, 0.05) is 11.6 Å². The Labute approximate surface area is 158 Å². The molecule has 0 saturated heterocycles. The normalized spacial score (nSPS) is 10.2. The summed E-state index contributed by atoms with van der Waals surface area (Å²) in [7, 11) is 4.63. The fourth-order valence-corrected chi connectivity index (χ4v) is 2.46. The maximum atomic E-state index is 12.0. The van der Waals surface area contributed by atoms with Crippen molar-refractivity contribution in [1.29, 1.82) is 0 Å². The molecule has 0 saturated carbocycles. The molecule has 2 aromatic carbocycles. The van der Waals surface area contributed by atoms with E-state index in [0.29, 0.717) is 34.6 Å². The summed E-state index contributed by atoms with van der Waals surface area (Å²) in [6.07, 6.45) is 0. The van der Waals surface area contributed by atoms with Gasteiger partial charge in [-0.25, -0.2) is 0 Å². The maximum absolute atomic E-state index is 12.0. The van der Waals surface area contributed by atoms with Gasteiger partial charge in [-0.2, -0.15) is 0 Å². The Morgan fingerprint density at radius 2 is 1.69 bits per heavy atom. The van der Waals surface area contributed by atoms with E-state index in [1.54, 1.807) is 44.6 Å². The number of hydrogen-bond donors (Lipinski definition) is 1. The summed E-state index contributed by atoms with van der Waals surface area (Å²) in [5.41, 5.74) is 1.71. The molecular weight excluding hydrogens is 358 g/mol. The van der Waals surface area contributed by atoms with Crippen LogP contribution in [0.4, 0.5) is 0 Å². The molecule has 0 heterocycles. The van der Waals surface area contributed by atoms with Gasteiger partial charge in [-0.15, -0.1) is 0 Å². The molecule has 2 aromatic rings. The molecule has 0 aliphatic carbocycles. The molecule has 0 aliphatic heterocycles. The molecule has 0 atom stereocenters. The summed E-state index contributed by atoms with van der Waals surface area (Å²) in [5, 5.41) is 3.45. The van der Waals surface area contributed by atoms with Gasteiger partial charge in [0.25, 0.3) is 5.91 Å². The van der Waals surface area contributed by atoms with Gasteiger partial charge < -0.3 is 24.3 Å². The topological polar surface area (TPSA) is 66.0 Å². The van der Waals surface area contributed by atoms with Crippen LogP contribution in [-0.2, 0) is 11.3 Å². The second-order valence-electron chi connectivity index (χ2n) is 5.51. The van der Waals surface area contributed by atoms with Gasteiger partial charge in [-0.05, 0) is 48.4 Å². The molecule has 1 amide bonds. The molecule has 1 N–H and O–H groups in total. The third kappa shape index (κ3) is 4.95. The summed E-state index contributed by atoms with van der Waals surface area (Å²) < 4.78 is 21.4. The Balaban J connectivity index is 1.95. The van der Waals surface area contributed by atoms with Crippen molar-refractivity contribution >= 4 is 17.5 Å². The van der Waals surface area contributed by atoms with Crippen molar-refractivity contribution in [2.24, 2.45) is 0 Å². The molecule has 140 valence electrons. The number of carbonyl (C=O) groups excluding carboxylic acids is 1. The molecule has 0 radical (unpaired) electrons. The Hall–Kier alpha value is -2.60. The van der Waals surface area contributed by atoms with E-state index in [2.05, 4.69) is 5.32 Å². The number of ether oxygens (including phenoxy) is 4. The molecule has 0 unspecified atom stereocenters. The molecule has 6 nitrogen and oxygen atoms in total. The van der Waals surface area contributed by atoms with Crippen LogP contribution in [0.25, 0.3) is 0 Å². The minimum absolute atomic E-state index is 0.0918. The number of rotatable bonds is 8. The Kier molecular flexibility index (Phi) is 6.97. The molecule has 2 rings (SSSR count). The lowest BCUT2D eigenvalue weighted by atomic mass is 10.1. The van der Waals surface area contributed by atoms with Crippen molar-refractivity contribution in [2.75, 3.05) is 27.9 Å². The summed E-state index contributed by atoms with van der Waals surface area (Å²) >= 11 is 5.97. The number of aryl methyl sites for hydroxylation is 1. The van der Waals surface area contributed by atoms with Gasteiger partial charge in [0.15, 0.2) is 18.1 Å². The van der Waals surface area contributed by atoms with Crippen LogP contribution in [0, 0.1) is 6.92 Å². The Bertz CT molecular complexity index is 754. The van der Waals surface area contributed by atoms with E-state index < -0.39 is 0 Å². The molecule has 0 spiro atoms. The first-order valence-corrected chi connectivity index (χ1v) is 8.30. The van der Waals surface area contributed by atoms with Crippen LogP contribution in [0.5, 0.6) is 23.0 Å². The van der Waals surface area contributed by atoms with Gasteiger partial charge in [0.05, 0.1) is 21.3 Å². The van der Waals surface area contributed by atoms with Crippen LogP contribution >= 0.6 is 11.6 Å². The lowest BCUT2D eigenvalue weighted by Crippen LogP contribution is -2.28. The molecule has 0 fully saturated rings. The van der Waals surface area contributed by atoms with Crippen LogP contribution in [0.3, 0.4) is 0 Å². The third-order valence-corrected chi connectivity index (χ3v) is 4.14. The first-order chi connectivity index (χ1) is 12.5. The van der Waals surface area contributed by atoms with E-state index in [0.717, 1.165) is 11.1 Å². The number of methoxy groups -OCH3 is 3. The number of carbonyl (C=O) groups is 1. The van der Waals surface area contributed by atoms with Crippen molar-refractivity contribution in [3.63, 3.8) is 0 Å². The van der Waals surface area contributed by atoms with Crippen LogP contribution in [0.2, 0.25) is 5.02 Å². The number of nitrogens with one attached hydrogen (secondary N) is 1. The van der Waals surface area contributed by atoms with Gasteiger partial charge in [-0.1, -0.05) is 11.6 Å². The van der Waals surface area contributed by atoms with Crippen LogP contribution in [0.1, 0.15) is 11.1 Å². The quantitative estimate of drug-likeness (QED) is 0.761. The van der Waals surface area contributed by atoms with Crippen molar-refractivity contribution in [1.82, 2.24) is 5.32 Å². The van der Waals surface area contributed by atoms with Crippen molar-refractivity contribution in [2.45, 2.75) is 13.5 Å². The van der Waals surface area contributed by atoms with Gasteiger partial charge >= 0.3 is 0 Å². The zero-order chi connectivity index (χ0) is 19.1. The average molecular weight is 380 g/mol. The van der Waals surface area contributed by atoms with Gasteiger partial charge in [0.2, 0.25) is 5.75 Å². The van der Waals surface area contributed by atoms with E-state index in [1.165, 1.54) is 7.11 Å². The van der Waals surface area contributed by atoms with E-state index >= 15 is 0 Å². The van der Waals surface area contributed by atoms with Crippen LogP contribution in [-0.4, -0.2) is 33.8 Å². The summed E-state index contributed by atoms with van der Waals surface area (Å²) in [6.45, 7) is 2.09. The van der Waals surface area contributed by atoms with E-state index in [-0.39, 0.29) is 12.5 Å². The van der Waals surface area contributed by atoms with E-state index in [9.17, 15) is 4.79 Å². The highest BCUT2D eigenvalue weighted by Gasteiger charge is 2.13. The van der Waals surface area contributed by atoms with Crippen LogP contribution < -0.4 is 24.3 Å². The zero-order valence-corrected chi connectivity index (χ0v) is 16.0. The number of benzene rings is 2. The van der Waals surface area contributed by atoms with Crippen molar-refractivity contribution in [3.8, 4) is 23.0 Å². The highest BCUT2D eigenvalue weighted by Crippen LogP contribution is 2.38. The highest BCUT2D eigenvalue weighted by atomic mass is 35.5. The van der Waals surface area contributed by atoms with Crippen molar-refractivity contribution in [3.05, 3.63) is 46.5 Å². The second kappa shape index (κ2) is 9.20. The predicted octanol–water partition coefficient (Wildman–Crippen LogP) is 3.37. The highest BCUT2D eigenvalue weighted by molar-refractivity contribution is 6.31. The molecule has 0 aliphatic rings. The fourth-order valence-electron chi connectivity index (χ4n) is 2.34. The van der Waals surface area contributed by atoms with E-state index in [4.69, 9.17) is 30.5 Å². The van der Waals surface area contributed by atoms with Gasteiger partial charge in [0.1, 0.15) is 5.75 Å². The molecule has 7 heteroatoms. The second-order valence-corrected chi connectivity index (χ2v) is 5.92. The lowest BCUT2D eigenvalue weighted by molar-refractivity contribution is -0.123. The fraction of sp³-hybridized carbons (Fsp3) is 0.316. The first-order valence-electron chi connectivity index (χ1n) is 7.93. The smallest absolute Gasteiger partial charge is 0.258 e. The standard InChI is InChI=1S/C19H22ClNO5/c1-12-7-14(5-6-15(12)20)26-11-18(22)21-10-13-8-16(23-2)19(25-4)17(9-13)24-3/h5-9H,10-11H2,1-4H3,(H,21,22). The Morgan fingerprint density at radius 1 is 1.04 bits per heavy atom. The minimum Gasteiger partial charge on any atom is -0.493 e. The zero-order valence-electron chi connectivity index (χ0n) is 15.2. The Morgan fingerprint density at radius 3 is 2.23 bits per heavy atom.